The van der Waals surface area contributed by atoms with Gasteiger partial charge in [0.2, 0.25) is 0 Å². The van der Waals surface area contributed by atoms with Crippen molar-refractivity contribution in [3.05, 3.63) is 17.6 Å². The first-order chi connectivity index (χ1) is 8.24. The first-order valence-corrected chi connectivity index (χ1v) is 6.10. The molecule has 0 unspecified atom stereocenters. The Balaban J connectivity index is 1.77. The predicted octanol–water partition coefficient (Wildman–Crippen LogP) is 0.838. The SMILES string of the molecule is Cc1cc(NCCN2CCOCC2)nc(C)n1. The molecule has 17 heavy (non-hydrogen) atoms. The van der Waals surface area contributed by atoms with E-state index in [0.29, 0.717) is 0 Å². The zero-order valence-electron chi connectivity index (χ0n) is 10.6. The van der Waals surface area contributed by atoms with Crippen LogP contribution in [0, 0.1) is 13.8 Å². The molecule has 0 spiro atoms. The van der Waals surface area contributed by atoms with Gasteiger partial charge in [0.1, 0.15) is 11.6 Å². The average Bonchev–Trinajstić information content (AvgIpc) is 2.29. The smallest absolute Gasteiger partial charge is 0.129 e. The summed E-state index contributed by atoms with van der Waals surface area (Å²) in [7, 11) is 0. The Bertz CT molecular complexity index is 343. The normalized spacial score (nSPS) is 17.1. The van der Waals surface area contributed by atoms with Crippen molar-refractivity contribution in [1.29, 1.82) is 0 Å². The standard InChI is InChI=1S/C12H20N4O/c1-10-9-12(15-11(2)14-10)13-3-4-16-5-7-17-8-6-16/h9H,3-8H2,1-2H3,(H,13,14,15). The Morgan fingerprint density at radius 1 is 1.29 bits per heavy atom. The maximum Gasteiger partial charge on any atom is 0.129 e. The number of morpholine rings is 1. The highest BCUT2D eigenvalue weighted by Crippen LogP contribution is 2.05. The van der Waals surface area contributed by atoms with Crippen LogP contribution in [0.25, 0.3) is 0 Å². The lowest BCUT2D eigenvalue weighted by atomic mass is 10.4. The van der Waals surface area contributed by atoms with E-state index in [9.17, 15) is 0 Å². The van der Waals surface area contributed by atoms with Crippen LogP contribution in [-0.4, -0.2) is 54.3 Å². The molecule has 5 nitrogen and oxygen atoms in total. The Kier molecular flexibility index (Phi) is 4.28. The lowest BCUT2D eigenvalue weighted by Crippen LogP contribution is -2.39. The summed E-state index contributed by atoms with van der Waals surface area (Å²) >= 11 is 0. The Morgan fingerprint density at radius 2 is 2.06 bits per heavy atom. The fraction of sp³-hybridized carbons (Fsp3) is 0.667. The fourth-order valence-electron chi connectivity index (χ4n) is 1.97. The molecule has 1 aromatic rings. The van der Waals surface area contributed by atoms with E-state index in [1.165, 1.54) is 0 Å². The lowest BCUT2D eigenvalue weighted by molar-refractivity contribution is 0.0398. The molecule has 0 radical (unpaired) electrons. The minimum atomic E-state index is 0.818. The van der Waals surface area contributed by atoms with Gasteiger partial charge in [0.05, 0.1) is 13.2 Å². The second-order valence-electron chi connectivity index (χ2n) is 4.32. The maximum atomic E-state index is 5.31. The molecule has 1 aliphatic heterocycles. The van der Waals surface area contributed by atoms with E-state index in [-0.39, 0.29) is 0 Å². The molecule has 0 bridgehead atoms. The largest absolute Gasteiger partial charge is 0.379 e. The fourth-order valence-corrected chi connectivity index (χ4v) is 1.97. The molecule has 1 aromatic heterocycles. The number of rotatable bonds is 4. The molecule has 2 heterocycles. The van der Waals surface area contributed by atoms with E-state index < -0.39 is 0 Å². The van der Waals surface area contributed by atoms with Gasteiger partial charge in [0.15, 0.2) is 0 Å². The Hall–Kier alpha value is -1.20. The third-order valence-corrected chi connectivity index (χ3v) is 2.80. The van der Waals surface area contributed by atoms with Gasteiger partial charge in [-0.2, -0.15) is 0 Å². The highest BCUT2D eigenvalue weighted by molar-refractivity contribution is 5.35. The molecule has 1 fully saturated rings. The third kappa shape index (κ3) is 3.94. The van der Waals surface area contributed by atoms with E-state index in [0.717, 1.165) is 56.7 Å². The predicted molar refractivity (Wildman–Crippen MR) is 67.3 cm³/mol. The molecule has 0 amide bonds. The quantitative estimate of drug-likeness (QED) is 0.839. The Morgan fingerprint density at radius 3 is 2.76 bits per heavy atom. The van der Waals surface area contributed by atoms with Crippen LogP contribution in [0.3, 0.4) is 0 Å². The van der Waals surface area contributed by atoms with Gasteiger partial charge in [-0.25, -0.2) is 9.97 Å². The van der Waals surface area contributed by atoms with Crippen LogP contribution >= 0.6 is 0 Å². The highest BCUT2D eigenvalue weighted by Gasteiger charge is 2.09. The number of aromatic nitrogens is 2. The van der Waals surface area contributed by atoms with Crippen LogP contribution in [0.15, 0.2) is 6.07 Å². The van der Waals surface area contributed by atoms with Gasteiger partial charge in [-0.1, -0.05) is 0 Å². The first kappa shape index (κ1) is 12.3. The Labute approximate surface area is 102 Å². The van der Waals surface area contributed by atoms with Crippen molar-refractivity contribution in [2.75, 3.05) is 44.7 Å². The van der Waals surface area contributed by atoms with E-state index >= 15 is 0 Å². The molecule has 1 saturated heterocycles. The van der Waals surface area contributed by atoms with Gasteiger partial charge in [0, 0.05) is 37.9 Å². The molecule has 5 heteroatoms. The molecule has 2 rings (SSSR count). The van der Waals surface area contributed by atoms with Crippen LogP contribution in [0.4, 0.5) is 5.82 Å². The van der Waals surface area contributed by atoms with Crippen LogP contribution in [0.1, 0.15) is 11.5 Å². The molecule has 0 saturated carbocycles. The van der Waals surface area contributed by atoms with Crippen molar-refractivity contribution in [3.63, 3.8) is 0 Å². The molecule has 1 aliphatic rings. The lowest BCUT2D eigenvalue weighted by Gasteiger charge is -2.26. The summed E-state index contributed by atoms with van der Waals surface area (Å²) in [6, 6.07) is 1.98. The van der Waals surface area contributed by atoms with Crippen LogP contribution in [-0.2, 0) is 4.74 Å². The topological polar surface area (TPSA) is 50.3 Å². The molecule has 0 atom stereocenters. The van der Waals surface area contributed by atoms with Crippen molar-refractivity contribution in [3.8, 4) is 0 Å². The van der Waals surface area contributed by atoms with Gasteiger partial charge in [0.25, 0.3) is 0 Å². The summed E-state index contributed by atoms with van der Waals surface area (Å²) in [5.74, 6) is 1.74. The number of ether oxygens (including phenoxy) is 1. The highest BCUT2D eigenvalue weighted by atomic mass is 16.5. The zero-order valence-corrected chi connectivity index (χ0v) is 10.6. The van der Waals surface area contributed by atoms with Gasteiger partial charge >= 0.3 is 0 Å². The minimum Gasteiger partial charge on any atom is -0.379 e. The van der Waals surface area contributed by atoms with Crippen molar-refractivity contribution in [1.82, 2.24) is 14.9 Å². The summed E-state index contributed by atoms with van der Waals surface area (Å²) in [5, 5.41) is 3.34. The summed E-state index contributed by atoms with van der Waals surface area (Å²) in [6.07, 6.45) is 0. The average molecular weight is 236 g/mol. The van der Waals surface area contributed by atoms with Crippen molar-refractivity contribution >= 4 is 5.82 Å². The van der Waals surface area contributed by atoms with Crippen molar-refractivity contribution < 1.29 is 4.74 Å². The summed E-state index contributed by atoms with van der Waals surface area (Å²) < 4.78 is 5.31. The molecular formula is C12H20N4O. The van der Waals surface area contributed by atoms with E-state index in [4.69, 9.17) is 4.74 Å². The molecule has 0 aliphatic carbocycles. The molecule has 94 valence electrons. The van der Waals surface area contributed by atoms with Crippen molar-refractivity contribution in [2.24, 2.45) is 0 Å². The molecule has 1 N–H and O–H groups in total. The monoisotopic (exact) mass is 236 g/mol. The van der Waals surface area contributed by atoms with E-state index in [1.54, 1.807) is 0 Å². The second-order valence-corrected chi connectivity index (χ2v) is 4.32. The molecule has 0 aromatic carbocycles. The van der Waals surface area contributed by atoms with Gasteiger partial charge in [-0.05, 0) is 13.8 Å². The number of hydrogen-bond acceptors (Lipinski definition) is 5. The zero-order chi connectivity index (χ0) is 12.1. The molecular weight excluding hydrogens is 216 g/mol. The first-order valence-electron chi connectivity index (χ1n) is 6.10. The van der Waals surface area contributed by atoms with E-state index in [2.05, 4.69) is 20.2 Å². The van der Waals surface area contributed by atoms with Crippen LogP contribution in [0.5, 0.6) is 0 Å². The van der Waals surface area contributed by atoms with Gasteiger partial charge in [-0.15, -0.1) is 0 Å². The van der Waals surface area contributed by atoms with Gasteiger partial charge in [-0.3, -0.25) is 4.90 Å². The number of anilines is 1. The summed E-state index contributed by atoms with van der Waals surface area (Å²) in [5.41, 5.74) is 1.01. The minimum absolute atomic E-state index is 0.818. The number of aryl methyl sites for hydroxylation is 2. The van der Waals surface area contributed by atoms with Crippen LogP contribution in [0.2, 0.25) is 0 Å². The number of nitrogens with zero attached hydrogens (tertiary/aromatic N) is 3. The third-order valence-electron chi connectivity index (χ3n) is 2.80. The maximum absolute atomic E-state index is 5.31. The number of hydrogen-bond donors (Lipinski definition) is 1. The second kappa shape index (κ2) is 5.93. The van der Waals surface area contributed by atoms with Crippen LogP contribution < -0.4 is 5.32 Å². The summed E-state index contributed by atoms with van der Waals surface area (Å²) in [6.45, 7) is 9.62. The summed E-state index contributed by atoms with van der Waals surface area (Å²) in [4.78, 5) is 11.0. The number of nitrogens with one attached hydrogen (secondary N) is 1. The van der Waals surface area contributed by atoms with Gasteiger partial charge < -0.3 is 10.1 Å². The van der Waals surface area contributed by atoms with Crippen molar-refractivity contribution in [2.45, 2.75) is 13.8 Å². The van der Waals surface area contributed by atoms with E-state index in [1.807, 2.05) is 19.9 Å².